The number of hydrogen-bond acceptors (Lipinski definition) is 5. The lowest BCUT2D eigenvalue weighted by Gasteiger charge is -2.36. The van der Waals surface area contributed by atoms with Gasteiger partial charge in [0.2, 0.25) is 5.91 Å². The van der Waals surface area contributed by atoms with E-state index in [1.54, 1.807) is 6.20 Å². The van der Waals surface area contributed by atoms with Gasteiger partial charge in [0.05, 0.1) is 5.92 Å². The van der Waals surface area contributed by atoms with E-state index < -0.39 is 0 Å². The van der Waals surface area contributed by atoms with Crippen molar-refractivity contribution in [1.82, 2.24) is 14.8 Å². The number of aromatic nitrogens is 1. The molecule has 0 spiro atoms. The molecule has 0 radical (unpaired) electrons. The Morgan fingerprint density at radius 2 is 2.08 bits per heavy atom. The minimum atomic E-state index is 0.0418. The molecule has 2 saturated heterocycles. The molecule has 6 heteroatoms. The maximum absolute atomic E-state index is 13.0. The number of ether oxygens (including phenoxy) is 1. The van der Waals surface area contributed by atoms with E-state index in [1.165, 1.54) is 0 Å². The second kappa shape index (κ2) is 9.44. The zero-order chi connectivity index (χ0) is 18.4. The zero-order valence-electron chi connectivity index (χ0n) is 15.8. The van der Waals surface area contributed by atoms with E-state index in [0.29, 0.717) is 12.6 Å². The summed E-state index contributed by atoms with van der Waals surface area (Å²) in [6.45, 7) is 4.06. The van der Waals surface area contributed by atoms with E-state index in [2.05, 4.69) is 9.88 Å². The predicted molar refractivity (Wildman–Crippen MR) is 102 cm³/mol. The number of likely N-dealkylation sites (tertiary alicyclic amines) is 1. The maximum Gasteiger partial charge on any atom is 0.226 e. The molecule has 2 aliphatic heterocycles. The van der Waals surface area contributed by atoms with Crippen LogP contribution < -0.4 is 5.73 Å². The van der Waals surface area contributed by atoms with Gasteiger partial charge in [-0.3, -0.25) is 14.7 Å². The van der Waals surface area contributed by atoms with Crippen LogP contribution in [0.4, 0.5) is 0 Å². The molecule has 1 aromatic heterocycles. The highest BCUT2D eigenvalue weighted by molar-refractivity contribution is 5.78. The molecule has 2 fully saturated rings. The number of nitrogens with zero attached hydrogens (tertiary/aromatic N) is 3. The Bertz CT molecular complexity index is 562. The van der Waals surface area contributed by atoms with Crippen molar-refractivity contribution in [3.63, 3.8) is 0 Å². The molecular weight excluding hydrogens is 328 g/mol. The largest absolute Gasteiger partial charge is 0.381 e. The minimum Gasteiger partial charge on any atom is -0.381 e. The smallest absolute Gasteiger partial charge is 0.226 e. The molecule has 3 rings (SSSR count). The molecule has 0 aromatic carbocycles. The van der Waals surface area contributed by atoms with E-state index in [0.717, 1.165) is 64.1 Å². The molecule has 0 aliphatic carbocycles. The van der Waals surface area contributed by atoms with Crippen LogP contribution in [0.3, 0.4) is 0 Å². The van der Waals surface area contributed by atoms with E-state index in [1.807, 2.05) is 30.1 Å². The summed E-state index contributed by atoms with van der Waals surface area (Å²) < 4.78 is 5.50. The molecule has 1 amide bonds. The lowest BCUT2D eigenvalue weighted by molar-refractivity contribution is -0.135. The van der Waals surface area contributed by atoms with Crippen molar-refractivity contribution in [3.8, 4) is 0 Å². The number of hydrogen-bond donors (Lipinski definition) is 1. The second-order valence-corrected chi connectivity index (χ2v) is 7.66. The van der Waals surface area contributed by atoms with Crippen LogP contribution in [0.1, 0.15) is 31.4 Å². The van der Waals surface area contributed by atoms with Gasteiger partial charge in [-0.2, -0.15) is 0 Å². The Balaban J connectivity index is 1.57. The van der Waals surface area contributed by atoms with E-state index in [-0.39, 0.29) is 17.9 Å². The number of carbonyl (C=O) groups excluding carboxylic acids is 1. The van der Waals surface area contributed by atoms with Gasteiger partial charge in [-0.25, -0.2) is 0 Å². The SMILES string of the molecule is CN(CCc1ccccn1)C(=O)[C@@H]1CC[C@H](N)CN(C2CCOCC2)C1. The number of likely N-dealkylation sites (N-methyl/N-ethyl adjacent to an activating group) is 1. The standard InChI is InChI=1S/C20H32N4O2/c1-23(11-7-18-4-2-3-10-22-18)20(25)16-5-6-17(21)15-24(14-16)19-8-12-26-13-9-19/h2-4,10,16-17,19H,5-9,11-15,21H2,1H3/t16-,17+/m1/s1. The number of carbonyl (C=O) groups is 1. The Kier molecular flexibility index (Phi) is 7.00. The molecule has 6 nitrogen and oxygen atoms in total. The summed E-state index contributed by atoms with van der Waals surface area (Å²) in [5, 5.41) is 0. The van der Waals surface area contributed by atoms with Gasteiger partial charge >= 0.3 is 0 Å². The van der Waals surface area contributed by atoms with Crippen molar-refractivity contribution in [3.05, 3.63) is 30.1 Å². The van der Waals surface area contributed by atoms with Gasteiger partial charge in [-0.05, 0) is 37.8 Å². The number of rotatable bonds is 5. The fourth-order valence-corrected chi connectivity index (χ4v) is 4.06. The summed E-state index contributed by atoms with van der Waals surface area (Å²) in [5.74, 6) is 0.284. The molecule has 2 N–H and O–H groups in total. The Hall–Kier alpha value is -1.50. The number of nitrogens with two attached hydrogens (primary N) is 1. The van der Waals surface area contributed by atoms with Crippen LogP contribution in [0.25, 0.3) is 0 Å². The van der Waals surface area contributed by atoms with Gasteiger partial charge in [0.1, 0.15) is 0 Å². The average molecular weight is 361 g/mol. The van der Waals surface area contributed by atoms with Crippen molar-refractivity contribution in [2.45, 2.75) is 44.2 Å². The topological polar surface area (TPSA) is 71.7 Å². The summed E-state index contributed by atoms with van der Waals surface area (Å²) in [7, 11) is 1.91. The normalized spacial score (nSPS) is 25.6. The third-order valence-corrected chi connectivity index (χ3v) is 5.67. The first-order valence-corrected chi connectivity index (χ1v) is 9.85. The maximum atomic E-state index is 13.0. The first-order chi connectivity index (χ1) is 12.6. The first-order valence-electron chi connectivity index (χ1n) is 9.85. The molecule has 2 aliphatic rings. The Morgan fingerprint density at radius 1 is 1.27 bits per heavy atom. The lowest BCUT2D eigenvalue weighted by atomic mass is 9.99. The number of amides is 1. The monoisotopic (exact) mass is 360 g/mol. The van der Waals surface area contributed by atoms with Gasteiger partial charge in [-0.15, -0.1) is 0 Å². The van der Waals surface area contributed by atoms with Crippen molar-refractivity contribution < 1.29 is 9.53 Å². The zero-order valence-corrected chi connectivity index (χ0v) is 15.8. The van der Waals surface area contributed by atoms with Crippen molar-refractivity contribution in [2.24, 2.45) is 11.7 Å². The predicted octanol–water partition coefficient (Wildman–Crippen LogP) is 1.30. The van der Waals surface area contributed by atoms with Crippen molar-refractivity contribution >= 4 is 5.91 Å². The second-order valence-electron chi connectivity index (χ2n) is 7.66. The van der Waals surface area contributed by atoms with Crippen molar-refractivity contribution in [2.75, 3.05) is 39.9 Å². The quantitative estimate of drug-likeness (QED) is 0.857. The molecule has 0 bridgehead atoms. The summed E-state index contributed by atoms with van der Waals surface area (Å²) >= 11 is 0. The van der Waals surface area contributed by atoms with Crippen LogP contribution in [-0.2, 0) is 16.0 Å². The van der Waals surface area contributed by atoms with E-state index in [9.17, 15) is 4.79 Å². The molecule has 0 saturated carbocycles. The van der Waals surface area contributed by atoms with Crippen LogP contribution in [0.5, 0.6) is 0 Å². The molecule has 26 heavy (non-hydrogen) atoms. The summed E-state index contributed by atoms with van der Waals surface area (Å²) in [6, 6.07) is 6.58. The van der Waals surface area contributed by atoms with Gasteiger partial charge in [0.15, 0.2) is 0 Å². The molecule has 1 aromatic rings. The molecular formula is C20H32N4O2. The molecule has 144 valence electrons. The van der Waals surface area contributed by atoms with Crippen LogP contribution in [0.2, 0.25) is 0 Å². The van der Waals surface area contributed by atoms with Crippen LogP contribution in [0.15, 0.2) is 24.4 Å². The molecule has 2 atom stereocenters. The van der Waals surface area contributed by atoms with Crippen LogP contribution >= 0.6 is 0 Å². The fraction of sp³-hybridized carbons (Fsp3) is 0.700. The summed E-state index contributed by atoms with van der Waals surface area (Å²) in [4.78, 5) is 21.7. The first kappa shape index (κ1) is 19.3. The van der Waals surface area contributed by atoms with Gasteiger partial charge in [0.25, 0.3) is 0 Å². The summed E-state index contributed by atoms with van der Waals surface area (Å²) in [5.41, 5.74) is 7.33. The van der Waals surface area contributed by atoms with Gasteiger partial charge < -0.3 is 15.4 Å². The Labute approximate surface area is 156 Å². The van der Waals surface area contributed by atoms with Gasteiger partial charge in [0, 0.05) is 70.3 Å². The molecule has 3 heterocycles. The highest BCUT2D eigenvalue weighted by Gasteiger charge is 2.32. The van der Waals surface area contributed by atoms with E-state index >= 15 is 0 Å². The third kappa shape index (κ3) is 5.25. The fourth-order valence-electron chi connectivity index (χ4n) is 4.06. The van der Waals surface area contributed by atoms with Crippen LogP contribution in [-0.4, -0.2) is 72.7 Å². The highest BCUT2D eigenvalue weighted by atomic mass is 16.5. The molecule has 0 unspecified atom stereocenters. The minimum absolute atomic E-state index is 0.0418. The lowest BCUT2D eigenvalue weighted by Crippen LogP contribution is -2.47. The van der Waals surface area contributed by atoms with Crippen molar-refractivity contribution in [1.29, 1.82) is 0 Å². The highest BCUT2D eigenvalue weighted by Crippen LogP contribution is 2.23. The Morgan fingerprint density at radius 3 is 2.81 bits per heavy atom. The van der Waals surface area contributed by atoms with E-state index in [4.69, 9.17) is 10.5 Å². The van der Waals surface area contributed by atoms with Gasteiger partial charge in [-0.1, -0.05) is 6.07 Å². The van der Waals surface area contributed by atoms with Crippen LogP contribution in [0, 0.1) is 5.92 Å². The number of pyridine rings is 1. The third-order valence-electron chi connectivity index (χ3n) is 5.67. The average Bonchev–Trinajstić information content (AvgIpc) is 2.89. The summed E-state index contributed by atoms with van der Waals surface area (Å²) in [6.07, 6.45) is 6.48.